The van der Waals surface area contributed by atoms with Crippen LogP contribution in [0.25, 0.3) is 10.9 Å². The number of rotatable bonds is 1. The van der Waals surface area contributed by atoms with Gasteiger partial charge < -0.3 is 0 Å². The molecule has 0 saturated heterocycles. The molecule has 0 bridgehead atoms. The Morgan fingerprint density at radius 3 is 2.79 bits per heavy atom. The third-order valence-electron chi connectivity index (χ3n) is 2.47. The van der Waals surface area contributed by atoms with Crippen molar-refractivity contribution in [3.63, 3.8) is 0 Å². The molecule has 1 aromatic heterocycles. The summed E-state index contributed by atoms with van der Waals surface area (Å²) in [5.41, 5.74) is 4.18. The molecule has 2 aromatic rings. The largest absolute Gasteiger partial charge is 0.253 e. The minimum atomic E-state index is 0.774. The van der Waals surface area contributed by atoms with Gasteiger partial charge in [0.1, 0.15) is 7.85 Å². The van der Waals surface area contributed by atoms with Gasteiger partial charge in [-0.3, -0.25) is 4.98 Å². The van der Waals surface area contributed by atoms with Crippen molar-refractivity contribution in [3.8, 4) is 0 Å². The molecule has 0 aliphatic carbocycles. The minimum absolute atomic E-state index is 0.774. The molecule has 0 atom stereocenters. The van der Waals surface area contributed by atoms with Crippen LogP contribution in [-0.4, -0.2) is 12.8 Å². The maximum Gasteiger partial charge on any atom is 0.113 e. The minimum Gasteiger partial charge on any atom is -0.253 e. The summed E-state index contributed by atoms with van der Waals surface area (Å²) < 4.78 is 0. The number of aryl methyl sites for hydroxylation is 2. The molecule has 2 radical (unpaired) electrons. The van der Waals surface area contributed by atoms with E-state index < -0.39 is 0 Å². The highest BCUT2D eigenvalue weighted by molar-refractivity contribution is 6.33. The van der Waals surface area contributed by atoms with Gasteiger partial charge in [0.2, 0.25) is 0 Å². The lowest BCUT2D eigenvalue weighted by Crippen LogP contribution is -2.02. The summed E-state index contributed by atoms with van der Waals surface area (Å²) in [6.45, 7) is 4.22. The first kappa shape index (κ1) is 9.26. The normalized spacial score (nSPS) is 10.7. The van der Waals surface area contributed by atoms with E-state index in [0.717, 1.165) is 28.5 Å². The molecule has 0 amide bonds. The molecule has 1 heterocycles. The topological polar surface area (TPSA) is 12.9 Å². The van der Waals surface area contributed by atoms with Crippen molar-refractivity contribution >= 4 is 24.2 Å². The van der Waals surface area contributed by atoms with Gasteiger partial charge in [-0.25, -0.2) is 0 Å². The predicted molar refractivity (Wildman–Crippen MR) is 61.2 cm³/mol. The summed E-state index contributed by atoms with van der Waals surface area (Å²) in [5, 5.41) is 1.16. The average Bonchev–Trinajstić information content (AvgIpc) is 2.17. The molecule has 1 aromatic carbocycles. The predicted octanol–water partition coefficient (Wildman–Crippen LogP) is 1.90. The zero-order chi connectivity index (χ0) is 10.1. The lowest BCUT2D eigenvalue weighted by molar-refractivity contribution is 1.03. The summed E-state index contributed by atoms with van der Waals surface area (Å²) in [4.78, 5) is 4.57. The number of aromatic nitrogens is 1. The van der Waals surface area contributed by atoms with E-state index in [-0.39, 0.29) is 0 Å². The van der Waals surface area contributed by atoms with Gasteiger partial charge in [0.05, 0.1) is 5.52 Å². The molecule has 2 heteroatoms. The van der Waals surface area contributed by atoms with Crippen molar-refractivity contribution in [2.45, 2.75) is 20.3 Å². The number of benzene rings is 1. The van der Waals surface area contributed by atoms with Crippen LogP contribution in [0.1, 0.15) is 18.2 Å². The lowest BCUT2D eigenvalue weighted by atomic mass is 9.94. The van der Waals surface area contributed by atoms with Crippen LogP contribution in [-0.2, 0) is 6.42 Å². The number of fused-ring (bicyclic) bond motifs is 1. The van der Waals surface area contributed by atoms with Gasteiger partial charge in [-0.1, -0.05) is 24.5 Å². The highest BCUT2D eigenvalue weighted by atomic mass is 14.7. The Hall–Kier alpha value is -1.31. The third-order valence-corrected chi connectivity index (χ3v) is 2.47. The second-order valence-corrected chi connectivity index (χ2v) is 3.56. The monoisotopic (exact) mass is 181 g/mol. The quantitative estimate of drug-likeness (QED) is 0.612. The Morgan fingerprint density at radius 2 is 2.07 bits per heavy atom. The smallest absolute Gasteiger partial charge is 0.113 e. The third kappa shape index (κ3) is 1.52. The second-order valence-electron chi connectivity index (χ2n) is 3.56. The van der Waals surface area contributed by atoms with E-state index in [2.05, 4.69) is 24.9 Å². The van der Waals surface area contributed by atoms with Crippen molar-refractivity contribution < 1.29 is 0 Å². The number of hydrogen-bond acceptors (Lipinski definition) is 1. The van der Waals surface area contributed by atoms with Gasteiger partial charge >= 0.3 is 0 Å². The van der Waals surface area contributed by atoms with Crippen LogP contribution < -0.4 is 5.46 Å². The summed E-state index contributed by atoms with van der Waals surface area (Å²) in [7, 11) is 5.71. The standard InChI is InChI=1S/C12H12BN/c1-3-11-8(2)6-9-4-5-10(13)7-12(9)14-11/h4-7H,3H2,1-2H3. The summed E-state index contributed by atoms with van der Waals surface area (Å²) in [6.07, 6.45) is 0.969. The first-order valence-corrected chi connectivity index (χ1v) is 4.86. The molecule has 0 N–H and O–H groups in total. The molecular formula is C12H12BN. The maximum absolute atomic E-state index is 5.71. The number of pyridine rings is 1. The highest BCUT2D eigenvalue weighted by Crippen LogP contribution is 2.15. The van der Waals surface area contributed by atoms with E-state index >= 15 is 0 Å². The zero-order valence-electron chi connectivity index (χ0n) is 8.54. The molecule has 0 spiro atoms. The number of nitrogens with zero attached hydrogens (tertiary/aromatic N) is 1. The highest BCUT2D eigenvalue weighted by Gasteiger charge is 2.01. The molecule has 68 valence electrons. The molecule has 0 aliphatic heterocycles. The lowest BCUT2D eigenvalue weighted by Gasteiger charge is -2.05. The van der Waals surface area contributed by atoms with E-state index in [0.29, 0.717) is 0 Å². The Kier molecular flexibility index (Phi) is 2.28. The summed E-state index contributed by atoms with van der Waals surface area (Å²) in [6, 6.07) is 8.02. The molecule has 0 unspecified atom stereocenters. The Bertz CT molecular complexity index is 477. The van der Waals surface area contributed by atoms with Gasteiger partial charge in [-0.05, 0) is 31.0 Å². The van der Waals surface area contributed by atoms with Crippen LogP contribution in [0.15, 0.2) is 24.3 Å². The van der Waals surface area contributed by atoms with Gasteiger partial charge in [0.15, 0.2) is 0 Å². The molecule has 0 saturated carbocycles. The van der Waals surface area contributed by atoms with E-state index in [1.54, 1.807) is 0 Å². The van der Waals surface area contributed by atoms with Gasteiger partial charge in [-0.2, -0.15) is 0 Å². The van der Waals surface area contributed by atoms with E-state index in [1.807, 2.05) is 18.2 Å². The zero-order valence-corrected chi connectivity index (χ0v) is 8.54. The maximum atomic E-state index is 5.71. The van der Waals surface area contributed by atoms with Crippen LogP contribution >= 0.6 is 0 Å². The molecule has 14 heavy (non-hydrogen) atoms. The molecule has 2 rings (SSSR count). The van der Waals surface area contributed by atoms with Crippen LogP contribution in [0.5, 0.6) is 0 Å². The Labute approximate surface area is 85.6 Å². The van der Waals surface area contributed by atoms with Crippen LogP contribution in [0.2, 0.25) is 0 Å². The SMILES string of the molecule is [B]c1ccc2cc(C)c(CC)nc2c1. The van der Waals surface area contributed by atoms with Crippen molar-refractivity contribution in [3.05, 3.63) is 35.5 Å². The van der Waals surface area contributed by atoms with Crippen molar-refractivity contribution in [2.24, 2.45) is 0 Å². The first-order chi connectivity index (χ1) is 6.70. The summed E-state index contributed by atoms with van der Waals surface area (Å²) >= 11 is 0. The van der Waals surface area contributed by atoms with E-state index in [1.165, 1.54) is 5.56 Å². The van der Waals surface area contributed by atoms with Gasteiger partial charge in [-0.15, -0.1) is 0 Å². The van der Waals surface area contributed by atoms with Crippen molar-refractivity contribution in [1.29, 1.82) is 0 Å². The Balaban J connectivity index is 2.73. The fourth-order valence-corrected chi connectivity index (χ4v) is 1.69. The van der Waals surface area contributed by atoms with E-state index in [9.17, 15) is 0 Å². The van der Waals surface area contributed by atoms with E-state index in [4.69, 9.17) is 7.85 Å². The fourth-order valence-electron chi connectivity index (χ4n) is 1.69. The summed E-state index contributed by atoms with van der Waals surface area (Å²) in [5.74, 6) is 0. The molecule has 0 fully saturated rings. The van der Waals surface area contributed by atoms with Gasteiger partial charge in [0, 0.05) is 11.1 Å². The molecule has 1 nitrogen and oxygen atoms in total. The molecule has 0 aliphatic rings. The second kappa shape index (κ2) is 3.45. The van der Waals surface area contributed by atoms with Crippen LogP contribution in [0.4, 0.5) is 0 Å². The van der Waals surface area contributed by atoms with Gasteiger partial charge in [0.25, 0.3) is 0 Å². The fraction of sp³-hybridized carbons (Fsp3) is 0.250. The van der Waals surface area contributed by atoms with Crippen LogP contribution in [0, 0.1) is 6.92 Å². The van der Waals surface area contributed by atoms with Crippen molar-refractivity contribution in [2.75, 3.05) is 0 Å². The Morgan fingerprint density at radius 1 is 1.29 bits per heavy atom. The number of hydrogen-bond donors (Lipinski definition) is 0. The van der Waals surface area contributed by atoms with Crippen LogP contribution in [0.3, 0.4) is 0 Å². The molecular weight excluding hydrogens is 169 g/mol. The first-order valence-electron chi connectivity index (χ1n) is 4.86. The average molecular weight is 181 g/mol. The van der Waals surface area contributed by atoms with Crippen molar-refractivity contribution in [1.82, 2.24) is 4.98 Å².